The largest absolute Gasteiger partial charge is 0.492 e. The van der Waals surface area contributed by atoms with E-state index in [-0.39, 0.29) is 0 Å². The minimum absolute atomic E-state index is 0.412. The van der Waals surface area contributed by atoms with Gasteiger partial charge >= 0.3 is 5.97 Å². The van der Waals surface area contributed by atoms with Gasteiger partial charge in [-0.15, -0.1) is 0 Å². The molecule has 5 nitrogen and oxygen atoms in total. The van der Waals surface area contributed by atoms with Crippen LogP contribution in [0.15, 0.2) is 48.5 Å². The van der Waals surface area contributed by atoms with Crippen LogP contribution >= 0.6 is 0 Å². The van der Waals surface area contributed by atoms with Gasteiger partial charge in [-0.3, -0.25) is 4.79 Å². The highest BCUT2D eigenvalue weighted by molar-refractivity contribution is 5.98. The molecule has 0 spiro atoms. The number of anilines is 1. The first kappa shape index (κ1) is 17.5. The number of esters is 1. The Bertz CT molecular complexity index is 710. The van der Waals surface area contributed by atoms with Gasteiger partial charge in [0.25, 0.3) is 5.91 Å². The summed E-state index contributed by atoms with van der Waals surface area (Å²) < 4.78 is 10.7. The van der Waals surface area contributed by atoms with E-state index in [2.05, 4.69) is 5.32 Å². The Morgan fingerprint density at radius 2 is 1.75 bits per heavy atom. The fraction of sp³-hybridized carbons (Fsp3) is 0.263. The molecule has 2 aromatic rings. The van der Waals surface area contributed by atoms with E-state index >= 15 is 0 Å². The Hall–Kier alpha value is -2.82. The number of para-hydroxylation sites is 2. The molecule has 5 heteroatoms. The van der Waals surface area contributed by atoms with E-state index in [1.807, 2.05) is 32.0 Å². The predicted octanol–water partition coefficient (Wildman–Crippen LogP) is 3.58. The second-order valence-corrected chi connectivity index (χ2v) is 5.33. The second kappa shape index (κ2) is 8.15. The Morgan fingerprint density at radius 1 is 1.08 bits per heavy atom. The van der Waals surface area contributed by atoms with Crippen molar-refractivity contribution in [3.63, 3.8) is 0 Å². The van der Waals surface area contributed by atoms with Crippen molar-refractivity contribution in [2.75, 3.05) is 11.9 Å². The number of ether oxygens (including phenoxy) is 2. The predicted molar refractivity (Wildman–Crippen MR) is 92.3 cm³/mol. The molecule has 0 saturated carbocycles. The monoisotopic (exact) mass is 327 g/mol. The summed E-state index contributed by atoms with van der Waals surface area (Å²) in [6.45, 7) is 5.82. The van der Waals surface area contributed by atoms with Crippen molar-refractivity contribution in [2.45, 2.75) is 26.9 Å². The van der Waals surface area contributed by atoms with Crippen LogP contribution in [0, 0.1) is 6.92 Å². The molecule has 0 aliphatic heterocycles. The average Bonchev–Trinajstić information content (AvgIpc) is 2.57. The molecule has 0 bridgehead atoms. The lowest BCUT2D eigenvalue weighted by Gasteiger charge is -2.15. The van der Waals surface area contributed by atoms with E-state index < -0.39 is 18.0 Å². The minimum atomic E-state index is -0.923. The molecule has 0 aromatic heterocycles. The molecule has 0 heterocycles. The first-order valence-corrected chi connectivity index (χ1v) is 7.81. The second-order valence-electron chi connectivity index (χ2n) is 5.33. The van der Waals surface area contributed by atoms with Gasteiger partial charge in [-0.25, -0.2) is 4.79 Å². The van der Waals surface area contributed by atoms with Gasteiger partial charge in [-0.05, 0) is 45.0 Å². The number of rotatable bonds is 6. The molecule has 0 radical (unpaired) electrons. The lowest BCUT2D eigenvalue weighted by Crippen LogP contribution is -2.30. The zero-order valence-corrected chi connectivity index (χ0v) is 14.0. The van der Waals surface area contributed by atoms with Crippen LogP contribution in [0.4, 0.5) is 5.69 Å². The lowest BCUT2D eigenvalue weighted by molar-refractivity contribution is -0.123. The fourth-order valence-corrected chi connectivity index (χ4v) is 2.06. The van der Waals surface area contributed by atoms with Gasteiger partial charge in [0.15, 0.2) is 6.10 Å². The molecular weight excluding hydrogens is 306 g/mol. The maximum Gasteiger partial charge on any atom is 0.338 e. The molecule has 1 atom stereocenters. The third-order valence-electron chi connectivity index (χ3n) is 3.39. The van der Waals surface area contributed by atoms with Gasteiger partial charge in [0.2, 0.25) is 0 Å². The summed E-state index contributed by atoms with van der Waals surface area (Å²) in [5, 5.41) is 2.72. The Labute approximate surface area is 141 Å². The first-order chi connectivity index (χ1) is 11.5. The van der Waals surface area contributed by atoms with Gasteiger partial charge in [-0.2, -0.15) is 0 Å². The molecule has 126 valence electrons. The molecule has 24 heavy (non-hydrogen) atoms. The Kier molecular flexibility index (Phi) is 5.95. The maximum atomic E-state index is 12.2. The average molecular weight is 327 g/mol. The molecule has 0 unspecified atom stereocenters. The van der Waals surface area contributed by atoms with Crippen molar-refractivity contribution in [2.24, 2.45) is 0 Å². The number of amides is 1. The van der Waals surface area contributed by atoms with Crippen LogP contribution < -0.4 is 10.1 Å². The Morgan fingerprint density at radius 3 is 2.42 bits per heavy atom. The summed E-state index contributed by atoms with van der Waals surface area (Å²) in [4.78, 5) is 24.3. The van der Waals surface area contributed by atoms with Crippen molar-refractivity contribution >= 4 is 17.6 Å². The summed E-state index contributed by atoms with van der Waals surface area (Å²) in [5.41, 5.74) is 2.00. The number of carbonyl (C=O) groups excluding carboxylic acids is 2. The first-order valence-electron chi connectivity index (χ1n) is 7.81. The number of carbonyl (C=O) groups is 2. The topological polar surface area (TPSA) is 64.6 Å². The molecule has 1 amide bonds. The van der Waals surface area contributed by atoms with E-state index in [1.165, 1.54) is 6.92 Å². The van der Waals surface area contributed by atoms with Crippen LogP contribution in [0.5, 0.6) is 5.75 Å². The highest BCUT2D eigenvalue weighted by Crippen LogP contribution is 2.24. The Balaban J connectivity index is 1.99. The highest BCUT2D eigenvalue weighted by atomic mass is 16.5. The molecule has 0 aliphatic rings. The molecule has 0 fully saturated rings. The van der Waals surface area contributed by atoms with Crippen LogP contribution in [0.25, 0.3) is 0 Å². The molecule has 2 rings (SSSR count). The summed E-state index contributed by atoms with van der Waals surface area (Å²) in [6.07, 6.45) is -0.923. The van der Waals surface area contributed by atoms with E-state index in [9.17, 15) is 9.59 Å². The van der Waals surface area contributed by atoms with Crippen molar-refractivity contribution in [3.05, 3.63) is 59.7 Å². The summed E-state index contributed by atoms with van der Waals surface area (Å²) in [7, 11) is 0. The molecule has 0 saturated heterocycles. The van der Waals surface area contributed by atoms with Crippen molar-refractivity contribution in [1.29, 1.82) is 0 Å². The van der Waals surface area contributed by atoms with Crippen LogP contribution in [0.2, 0.25) is 0 Å². The smallest absolute Gasteiger partial charge is 0.338 e. The highest BCUT2D eigenvalue weighted by Gasteiger charge is 2.20. The van der Waals surface area contributed by atoms with Crippen molar-refractivity contribution < 1.29 is 19.1 Å². The van der Waals surface area contributed by atoms with Gasteiger partial charge in [0, 0.05) is 0 Å². The van der Waals surface area contributed by atoms with Crippen LogP contribution in [0.3, 0.4) is 0 Å². The zero-order valence-electron chi connectivity index (χ0n) is 14.0. The summed E-state index contributed by atoms with van der Waals surface area (Å²) in [6, 6.07) is 14.1. The standard InChI is InChI=1S/C19H21NO4/c1-4-23-17-8-6-5-7-16(17)20-18(21)14(3)24-19(22)15-11-9-13(2)10-12-15/h5-12,14H,4H2,1-3H3,(H,20,21)/t14-/m0/s1. The number of benzene rings is 2. The summed E-state index contributed by atoms with van der Waals surface area (Å²) in [5.74, 6) is -0.372. The van der Waals surface area contributed by atoms with Crippen molar-refractivity contribution in [1.82, 2.24) is 0 Å². The number of nitrogens with one attached hydrogen (secondary N) is 1. The minimum Gasteiger partial charge on any atom is -0.492 e. The van der Waals surface area contributed by atoms with Crippen LogP contribution in [-0.2, 0) is 9.53 Å². The van der Waals surface area contributed by atoms with Gasteiger partial charge < -0.3 is 14.8 Å². The van der Waals surface area contributed by atoms with Gasteiger partial charge in [-0.1, -0.05) is 29.8 Å². The zero-order chi connectivity index (χ0) is 17.5. The van der Waals surface area contributed by atoms with Crippen LogP contribution in [0.1, 0.15) is 29.8 Å². The number of hydrogen-bond donors (Lipinski definition) is 1. The number of aryl methyl sites for hydroxylation is 1. The lowest BCUT2D eigenvalue weighted by atomic mass is 10.1. The molecular formula is C19H21NO4. The van der Waals surface area contributed by atoms with E-state index in [1.54, 1.807) is 30.3 Å². The normalized spacial score (nSPS) is 11.5. The van der Waals surface area contributed by atoms with Crippen molar-refractivity contribution in [3.8, 4) is 5.75 Å². The number of hydrogen-bond acceptors (Lipinski definition) is 4. The maximum absolute atomic E-state index is 12.2. The fourth-order valence-electron chi connectivity index (χ4n) is 2.06. The van der Waals surface area contributed by atoms with Gasteiger partial charge in [0.05, 0.1) is 17.9 Å². The van der Waals surface area contributed by atoms with E-state index in [0.717, 1.165) is 5.56 Å². The third-order valence-corrected chi connectivity index (χ3v) is 3.39. The molecule has 1 N–H and O–H groups in total. The molecule has 0 aliphatic carbocycles. The van der Waals surface area contributed by atoms with Gasteiger partial charge in [0.1, 0.15) is 5.75 Å². The van der Waals surface area contributed by atoms with E-state index in [4.69, 9.17) is 9.47 Å². The summed E-state index contributed by atoms with van der Waals surface area (Å²) >= 11 is 0. The van der Waals surface area contributed by atoms with Crippen LogP contribution in [-0.4, -0.2) is 24.6 Å². The SMILES string of the molecule is CCOc1ccccc1NC(=O)[C@H](C)OC(=O)c1ccc(C)cc1. The third kappa shape index (κ3) is 4.59. The quantitative estimate of drug-likeness (QED) is 0.824. The van der Waals surface area contributed by atoms with E-state index in [0.29, 0.717) is 23.6 Å². The molecule has 2 aromatic carbocycles.